The third-order valence-corrected chi connectivity index (χ3v) is 3.53. The van der Waals surface area contributed by atoms with Gasteiger partial charge in [-0.3, -0.25) is 4.79 Å². The van der Waals surface area contributed by atoms with E-state index in [9.17, 15) is 4.79 Å². The number of guanidine groups is 1. The van der Waals surface area contributed by atoms with Crippen molar-refractivity contribution in [1.29, 1.82) is 0 Å². The molecule has 7 nitrogen and oxygen atoms in total. The van der Waals surface area contributed by atoms with Gasteiger partial charge in [-0.15, -0.1) is 0 Å². The molecule has 0 atom stereocenters. The number of amides is 1. The van der Waals surface area contributed by atoms with E-state index in [0.29, 0.717) is 23.6 Å². The van der Waals surface area contributed by atoms with Crippen LogP contribution < -0.4 is 25.8 Å². The smallest absolute Gasteiger partial charge is 0.251 e. The minimum atomic E-state index is -0.121. The zero-order valence-corrected chi connectivity index (χ0v) is 14.5. The van der Waals surface area contributed by atoms with Crippen molar-refractivity contribution in [1.82, 2.24) is 5.32 Å². The van der Waals surface area contributed by atoms with Crippen LogP contribution in [0, 0.1) is 0 Å². The standard InChI is InChI=1S/C18H22N4O3/c1-20-17(23)13-6-4-12(5-7-13)11-21-18(19)22-14-8-9-15(24-2)16(10-14)25-3/h4-10H,11H2,1-3H3,(H,20,23)(H3,19,21,22). The Balaban J connectivity index is 2.01. The van der Waals surface area contributed by atoms with Gasteiger partial charge in [-0.25, -0.2) is 4.99 Å². The van der Waals surface area contributed by atoms with Crippen LogP contribution in [0.15, 0.2) is 47.5 Å². The van der Waals surface area contributed by atoms with E-state index < -0.39 is 0 Å². The summed E-state index contributed by atoms with van der Waals surface area (Å²) in [5.41, 5.74) is 8.21. The second kappa shape index (κ2) is 8.58. The molecule has 0 aliphatic rings. The summed E-state index contributed by atoms with van der Waals surface area (Å²) in [6.07, 6.45) is 0. The normalized spacial score (nSPS) is 10.9. The van der Waals surface area contributed by atoms with Gasteiger partial charge in [0.1, 0.15) is 0 Å². The van der Waals surface area contributed by atoms with Crippen molar-refractivity contribution in [3.8, 4) is 11.5 Å². The van der Waals surface area contributed by atoms with Crippen LogP contribution in [0.1, 0.15) is 15.9 Å². The largest absolute Gasteiger partial charge is 0.493 e. The van der Waals surface area contributed by atoms with E-state index in [1.54, 1.807) is 45.5 Å². The Hall–Kier alpha value is -3.22. The molecule has 132 valence electrons. The third kappa shape index (κ3) is 4.87. The highest BCUT2D eigenvalue weighted by Gasteiger charge is 2.05. The Morgan fingerprint density at radius 3 is 2.36 bits per heavy atom. The zero-order valence-electron chi connectivity index (χ0n) is 14.5. The quantitative estimate of drug-likeness (QED) is 0.551. The Bertz CT molecular complexity index is 757. The van der Waals surface area contributed by atoms with Gasteiger partial charge in [0.2, 0.25) is 0 Å². The third-order valence-electron chi connectivity index (χ3n) is 3.53. The number of nitrogens with one attached hydrogen (secondary N) is 2. The van der Waals surface area contributed by atoms with E-state index >= 15 is 0 Å². The molecule has 0 aliphatic carbocycles. The SMILES string of the molecule is CNC(=O)c1ccc(CN=C(N)Nc2ccc(OC)c(OC)c2)cc1. The summed E-state index contributed by atoms with van der Waals surface area (Å²) >= 11 is 0. The molecule has 0 radical (unpaired) electrons. The lowest BCUT2D eigenvalue weighted by Gasteiger charge is -2.11. The molecular weight excluding hydrogens is 320 g/mol. The molecule has 0 fully saturated rings. The van der Waals surface area contributed by atoms with Gasteiger partial charge in [0.25, 0.3) is 5.91 Å². The van der Waals surface area contributed by atoms with Crippen LogP contribution in [0.2, 0.25) is 0 Å². The topological polar surface area (TPSA) is 98.0 Å². The van der Waals surface area contributed by atoms with Crippen molar-refractivity contribution in [3.63, 3.8) is 0 Å². The number of benzene rings is 2. The van der Waals surface area contributed by atoms with Crippen LogP contribution in [0.25, 0.3) is 0 Å². The number of ether oxygens (including phenoxy) is 2. The van der Waals surface area contributed by atoms with Crippen molar-refractivity contribution in [3.05, 3.63) is 53.6 Å². The van der Waals surface area contributed by atoms with E-state index in [1.165, 1.54) is 0 Å². The number of nitrogens with zero attached hydrogens (tertiary/aromatic N) is 1. The van der Waals surface area contributed by atoms with Crippen LogP contribution >= 0.6 is 0 Å². The maximum Gasteiger partial charge on any atom is 0.251 e. The molecule has 0 saturated heterocycles. The fourth-order valence-corrected chi connectivity index (χ4v) is 2.18. The summed E-state index contributed by atoms with van der Waals surface area (Å²) in [5.74, 6) is 1.40. The predicted octanol–water partition coefficient (Wildman–Crippen LogP) is 1.99. The molecular formula is C18H22N4O3. The minimum absolute atomic E-state index is 0.121. The summed E-state index contributed by atoms with van der Waals surface area (Å²) in [6.45, 7) is 0.403. The fraction of sp³-hybridized carbons (Fsp3) is 0.222. The van der Waals surface area contributed by atoms with Gasteiger partial charge in [-0.1, -0.05) is 12.1 Å². The molecule has 0 aromatic heterocycles. The van der Waals surface area contributed by atoms with Gasteiger partial charge in [0, 0.05) is 24.4 Å². The summed E-state index contributed by atoms with van der Waals surface area (Å²) in [6, 6.07) is 12.6. The first-order valence-corrected chi connectivity index (χ1v) is 7.67. The van der Waals surface area contributed by atoms with Crippen LogP contribution in [0.4, 0.5) is 5.69 Å². The molecule has 2 rings (SSSR count). The molecule has 0 aliphatic heterocycles. The van der Waals surface area contributed by atoms with Crippen molar-refractivity contribution in [2.24, 2.45) is 10.7 Å². The van der Waals surface area contributed by atoms with Crippen molar-refractivity contribution in [2.75, 3.05) is 26.6 Å². The Labute approximate surface area is 146 Å². The number of rotatable bonds is 6. The lowest BCUT2D eigenvalue weighted by atomic mass is 10.1. The Kier molecular flexibility index (Phi) is 6.22. The number of hydrogen-bond acceptors (Lipinski definition) is 4. The molecule has 1 amide bonds. The second-order valence-electron chi connectivity index (χ2n) is 5.17. The molecule has 0 spiro atoms. The number of hydrogen-bond donors (Lipinski definition) is 3. The van der Waals surface area contributed by atoms with E-state index in [1.807, 2.05) is 18.2 Å². The zero-order chi connectivity index (χ0) is 18.2. The van der Waals surface area contributed by atoms with Crippen molar-refractivity contribution in [2.45, 2.75) is 6.54 Å². The maximum atomic E-state index is 11.5. The molecule has 0 heterocycles. The van der Waals surface area contributed by atoms with Gasteiger partial charge in [0.05, 0.1) is 20.8 Å². The summed E-state index contributed by atoms with van der Waals surface area (Å²) in [7, 11) is 4.75. The molecule has 2 aromatic rings. The van der Waals surface area contributed by atoms with Crippen LogP contribution in [-0.2, 0) is 6.54 Å². The number of carbonyl (C=O) groups excluding carboxylic acids is 1. The van der Waals surface area contributed by atoms with Gasteiger partial charge in [-0.05, 0) is 29.8 Å². The Morgan fingerprint density at radius 1 is 1.08 bits per heavy atom. The lowest BCUT2D eigenvalue weighted by Crippen LogP contribution is -2.22. The maximum absolute atomic E-state index is 11.5. The average molecular weight is 342 g/mol. The molecule has 25 heavy (non-hydrogen) atoms. The van der Waals surface area contributed by atoms with E-state index in [4.69, 9.17) is 15.2 Å². The van der Waals surface area contributed by atoms with Gasteiger partial charge < -0.3 is 25.8 Å². The number of nitrogens with two attached hydrogens (primary N) is 1. The Morgan fingerprint density at radius 2 is 1.76 bits per heavy atom. The monoisotopic (exact) mass is 342 g/mol. The first-order valence-electron chi connectivity index (χ1n) is 7.67. The van der Waals surface area contributed by atoms with Gasteiger partial charge in [0.15, 0.2) is 17.5 Å². The van der Waals surface area contributed by atoms with Gasteiger partial charge in [-0.2, -0.15) is 0 Å². The van der Waals surface area contributed by atoms with E-state index in [-0.39, 0.29) is 11.9 Å². The number of aliphatic imine (C=N–C) groups is 1. The summed E-state index contributed by atoms with van der Waals surface area (Å²) in [5, 5.41) is 5.59. The number of carbonyl (C=O) groups is 1. The van der Waals surface area contributed by atoms with Crippen LogP contribution in [0.5, 0.6) is 11.5 Å². The minimum Gasteiger partial charge on any atom is -0.493 e. The highest BCUT2D eigenvalue weighted by Crippen LogP contribution is 2.29. The first-order chi connectivity index (χ1) is 12.1. The molecule has 4 N–H and O–H groups in total. The first kappa shape index (κ1) is 18.1. The molecule has 7 heteroatoms. The van der Waals surface area contributed by atoms with Crippen LogP contribution in [0.3, 0.4) is 0 Å². The van der Waals surface area contributed by atoms with Crippen molar-refractivity contribution < 1.29 is 14.3 Å². The van der Waals surface area contributed by atoms with Crippen LogP contribution in [-0.4, -0.2) is 33.1 Å². The molecule has 0 unspecified atom stereocenters. The predicted molar refractivity (Wildman–Crippen MR) is 98.3 cm³/mol. The summed E-state index contributed by atoms with van der Waals surface area (Å²) in [4.78, 5) is 15.8. The fourth-order valence-electron chi connectivity index (χ4n) is 2.18. The highest BCUT2D eigenvalue weighted by atomic mass is 16.5. The van der Waals surface area contributed by atoms with Gasteiger partial charge >= 0.3 is 0 Å². The summed E-state index contributed by atoms with van der Waals surface area (Å²) < 4.78 is 10.4. The van der Waals surface area contributed by atoms with E-state index in [2.05, 4.69) is 15.6 Å². The van der Waals surface area contributed by atoms with E-state index in [0.717, 1.165) is 11.3 Å². The average Bonchev–Trinajstić information content (AvgIpc) is 2.66. The number of anilines is 1. The highest BCUT2D eigenvalue weighted by molar-refractivity contribution is 5.94. The molecule has 0 saturated carbocycles. The molecule has 0 bridgehead atoms. The lowest BCUT2D eigenvalue weighted by molar-refractivity contribution is 0.0963. The van der Waals surface area contributed by atoms with Crippen molar-refractivity contribution >= 4 is 17.6 Å². The molecule has 2 aromatic carbocycles. The number of methoxy groups -OCH3 is 2. The second-order valence-corrected chi connectivity index (χ2v) is 5.17.